The fourth-order valence-electron chi connectivity index (χ4n) is 2.20. The lowest BCUT2D eigenvalue weighted by molar-refractivity contribution is -0.119. The van der Waals surface area contributed by atoms with Crippen molar-refractivity contribution in [1.82, 2.24) is 10.2 Å². The Morgan fingerprint density at radius 3 is 2.84 bits per heavy atom. The summed E-state index contributed by atoms with van der Waals surface area (Å²) in [5.74, 6) is -0.0672. The Balaban J connectivity index is 1.90. The molecule has 1 atom stereocenters. The summed E-state index contributed by atoms with van der Waals surface area (Å²) in [5, 5.41) is 2.86. The van der Waals surface area contributed by atoms with Crippen LogP contribution >= 0.6 is 34.5 Å². The van der Waals surface area contributed by atoms with E-state index >= 15 is 0 Å². The largest absolute Gasteiger partial charge is 0.352 e. The lowest BCUT2D eigenvalue weighted by Gasteiger charge is -2.15. The number of halogens is 2. The van der Waals surface area contributed by atoms with Gasteiger partial charge in [0.15, 0.2) is 5.78 Å². The van der Waals surface area contributed by atoms with Crippen LogP contribution in [0.15, 0.2) is 6.07 Å². The van der Waals surface area contributed by atoms with Crippen LogP contribution in [0.4, 0.5) is 0 Å². The van der Waals surface area contributed by atoms with Gasteiger partial charge in [-0.25, -0.2) is 0 Å². The molecular formula is C12H14Cl2N2O2S. The van der Waals surface area contributed by atoms with Gasteiger partial charge in [0, 0.05) is 26.1 Å². The van der Waals surface area contributed by atoms with Crippen molar-refractivity contribution in [2.24, 2.45) is 0 Å². The fraction of sp³-hybridized carbons (Fsp3) is 0.500. The molecule has 0 aliphatic carbocycles. The number of carbonyl (C=O) groups excluding carboxylic acids is 2. The molecule has 1 aromatic rings. The van der Waals surface area contributed by atoms with Gasteiger partial charge < -0.3 is 5.32 Å². The average Bonchev–Trinajstić information content (AvgIpc) is 2.84. The second-order valence-corrected chi connectivity index (χ2v) is 6.87. The van der Waals surface area contributed by atoms with Crippen molar-refractivity contribution in [3.05, 3.63) is 20.3 Å². The lowest BCUT2D eigenvalue weighted by atomic mass is 10.2. The van der Waals surface area contributed by atoms with Crippen molar-refractivity contribution in [2.75, 3.05) is 19.6 Å². The minimum absolute atomic E-state index is 0.0309. The Bertz CT molecular complexity index is 504. The average molecular weight is 321 g/mol. The van der Waals surface area contributed by atoms with Crippen molar-refractivity contribution in [1.29, 1.82) is 0 Å². The SMILES string of the molecule is CC(=O)NC1CCN(CC(=O)c2cc(Cl)sc2Cl)C1. The number of rotatable bonds is 4. The number of ketones is 1. The molecule has 2 heterocycles. The number of hydrogen-bond acceptors (Lipinski definition) is 4. The number of likely N-dealkylation sites (tertiary alicyclic amines) is 1. The second-order valence-electron chi connectivity index (χ2n) is 4.58. The molecule has 0 radical (unpaired) electrons. The Hall–Kier alpha value is -0.620. The number of carbonyl (C=O) groups is 2. The molecule has 1 N–H and O–H groups in total. The molecule has 0 bridgehead atoms. The van der Waals surface area contributed by atoms with Gasteiger partial charge in [-0.05, 0) is 12.5 Å². The third-order valence-electron chi connectivity index (χ3n) is 3.00. The summed E-state index contributed by atoms with van der Waals surface area (Å²) in [7, 11) is 0. The number of nitrogens with one attached hydrogen (secondary N) is 1. The first-order chi connectivity index (χ1) is 8.95. The smallest absolute Gasteiger partial charge is 0.217 e. The van der Waals surface area contributed by atoms with Crippen molar-refractivity contribution in [2.45, 2.75) is 19.4 Å². The van der Waals surface area contributed by atoms with Gasteiger partial charge in [0.2, 0.25) is 5.91 Å². The summed E-state index contributed by atoms with van der Waals surface area (Å²) in [6, 6.07) is 1.74. The molecule has 0 aromatic carbocycles. The van der Waals surface area contributed by atoms with Crippen LogP contribution in [-0.2, 0) is 4.79 Å². The van der Waals surface area contributed by atoms with Gasteiger partial charge in [-0.15, -0.1) is 11.3 Å². The number of Topliss-reactive ketones (excluding diaryl/α,β-unsaturated/α-hetero) is 1. The molecule has 7 heteroatoms. The van der Waals surface area contributed by atoms with Gasteiger partial charge in [-0.3, -0.25) is 14.5 Å². The topological polar surface area (TPSA) is 49.4 Å². The third-order valence-corrected chi connectivity index (χ3v) is 4.49. The predicted octanol–water partition coefficient (Wildman–Crippen LogP) is 2.45. The van der Waals surface area contributed by atoms with Gasteiger partial charge in [0.25, 0.3) is 0 Å². The van der Waals surface area contributed by atoms with E-state index in [1.54, 1.807) is 6.07 Å². The zero-order valence-electron chi connectivity index (χ0n) is 10.4. The van der Waals surface area contributed by atoms with Crippen LogP contribution < -0.4 is 5.32 Å². The highest BCUT2D eigenvalue weighted by Gasteiger charge is 2.25. The van der Waals surface area contributed by atoms with E-state index in [0.717, 1.165) is 13.0 Å². The summed E-state index contributed by atoms with van der Waals surface area (Å²) in [5.41, 5.74) is 0.486. The Kier molecular flexibility index (Phi) is 4.84. The van der Waals surface area contributed by atoms with Crippen LogP contribution in [0.3, 0.4) is 0 Å². The molecule has 1 aromatic heterocycles. The van der Waals surface area contributed by atoms with Gasteiger partial charge in [0.05, 0.1) is 16.4 Å². The van der Waals surface area contributed by atoms with Gasteiger partial charge in [-0.1, -0.05) is 23.2 Å². The molecule has 0 spiro atoms. The molecule has 1 aliphatic heterocycles. The van der Waals surface area contributed by atoms with Crippen LogP contribution in [0.25, 0.3) is 0 Å². The Labute approximate surface area is 125 Å². The highest BCUT2D eigenvalue weighted by molar-refractivity contribution is 7.20. The van der Waals surface area contributed by atoms with Crippen molar-refractivity contribution in [3.63, 3.8) is 0 Å². The fourth-order valence-corrected chi connectivity index (χ4v) is 3.70. The first-order valence-corrected chi connectivity index (χ1v) is 7.50. The Morgan fingerprint density at radius 1 is 1.53 bits per heavy atom. The molecule has 19 heavy (non-hydrogen) atoms. The predicted molar refractivity (Wildman–Crippen MR) is 77.3 cm³/mol. The van der Waals surface area contributed by atoms with Gasteiger partial charge in [0.1, 0.15) is 4.34 Å². The normalized spacial score (nSPS) is 19.6. The number of thiophene rings is 1. The maximum absolute atomic E-state index is 12.1. The molecule has 0 saturated carbocycles. The van der Waals surface area contributed by atoms with E-state index < -0.39 is 0 Å². The number of hydrogen-bond donors (Lipinski definition) is 1. The van der Waals surface area contributed by atoms with Gasteiger partial charge >= 0.3 is 0 Å². The quantitative estimate of drug-likeness (QED) is 0.867. The Morgan fingerprint density at radius 2 is 2.26 bits per heavy atom. The summed E-state index contributed by atoms with van der Waals surface area (Å²) < 4.78 is 0.957. The van der Waals surface area contributed by atoms with Gasteiger partial charge in [-0.2, -0.15) is 0 Å². The van der Waals surface area contributed by atoms with E-state index in [1.165, 1.54) is 18.3 Å². The lowest BCUT2D eigenvalue weighted by Crippen LogP contribution is -2.36. The summed E-state index contributed by atoms with van der Waals surface area (Å²) in [6.45, 7) is 3.30. The van der Waals surface area contributed by atoms with E-state index in [0.29, 0.717) is 27.3 Å². The highest BCUT2D eigenvalue weighted by Crippen LogP contribution is 2.31. The maximum Gasteiger partial charge on any atom is 0.217 e. The van der Waals surface area contributed by atoms with Crippen molar-refractivity contribution < 1.29 is 9.59 Å². The molecule has 1 unspecified atom stereocenters. The molecule has 104 valence electrons. The molecule has 4 nitrogen and oxygen atoms in total. The molecule has 1 amide bonds. The molecule has 2 rings (SSSR count). The minimum Gasteiger partial charge on any atom is -0.352 e. The van der Waals surface area contributed by atoms with E-state index in [-0.39, 0.29) is 17.7 Å². The molecular weight excluding hydrogens is 307 g/mol. The summed E-state index contributed by atoms with van der Waals surface area (Å²) in [4.78, 5) is 25.1. The van der Waals surface area contributed by atoms with E-state index in [9.17, 15) is 9.59 Å². The molecule has 1 fully saturated rings. The van der Waals surface area contributed by atoms with Crippen LogP contribution in [0.2, 0.25) is 8.67 Å². The minimum atomic E-state index is -0.0363. The zero-order chi connectivity index (χ0) is 14.0. The maximum atomic E-state index is 12.1. The van der Waals surface area contributed by atoms with Crippen molar-refractivity contribution >= 4 is 46.2 Å². The van der Waals surface area contributed by atoms with Crippen LogP contribution in [-0.4, -0.2) is 42.3 Å². The molecule has 1 saturated heterocycles. The zero-order valence-corrected chi connectivity index (χ0v) is 12.7. The van der Waals surface area contributed by atoms with Crippen LogP contribution in [0, 0.1) is 0 Å². The first-order valence-electron chi connectivity index (χ1n) is 5.93. The monoisotopic (exact) mass is 320 g/mol. The van der Waals surface area contributed by atoms with Crippen LogP contribution in [0.1, 0.15) is 23.7 Å². The standard InChI is InChI=1S/C12H14Cl2N2O2S/c1-7(17)15-8-2-3-16(5-8)6-10(18)9-4-11(13)19-12(9)14/h4,8H,2-3,5-6H2,1H3,(H,15,17). The molecule has 1 aliphatic rings. The first kappa shape index (κ1) is 14.8. The highest BCUT2D eigenvalue weighted by atomic mass is 35.5. The summed E-state index contributed by atoms with van der Waals surface area (Å²) in [6.07, 6.45) is 0.866. The third kappa shape index (κ3) is 3.92. The van der Waals surface area contributed by atoms with E-state index in [4.69, 9.17) is 23.2 Å². The van der Waals surface area contributed by atoms with Crippen LogP contribution in [0.5, 0.6) is 0 Å². The number of nitrogens with zero attached hydrogens (tertiary/aromatic N) is 1. The van der Waals surface area contributed by atoms with Crippen molar-refractivity contribution in [3.8, 4) is 0 Å². The second kappa shape index (κ2) is 6.22. The van der Waals surface area contributed by atoms with E-state index in [1.807, 2.05) is 4.90 Å². The summed E-state index contributed by atoms with van der Waals surface area (Å²) >= 11 is 13.0. The van der Waals surface area contributed by atoms with E-state index in [2.05, 4.69) is 5.32 Å². The number of amides is 1.